The van der Waals surface area contributed by atoms with Gasteiger partial charge in [0.25, 0.3) is 0 Å². The van der Waals surface area contributed by atoms with Crippen molar-refractivity contribution in [2.24, 2.45) is 0 Å². The minimum Gasteiger partial charge on any atom is -0.481 e. The SMILES string of the molecule is COc1nc2ccc(Br)cc2cc1Cc1ccsc1C. The number of aromatic nitrogens is 1. The number of hydrogen-bond acceptors (Lipinski definition) is 3. The lowest BCUT2D eigenvalue weighted by atomic mass is 10.0. The van der Waals surface area contributed by atoms with E-state index in [1.54, 1.807) is 18.4 Å². The van der Waals surface area contributed by atoms with Crippen molar-refractivity contribution in [1.29, 1.82) is 0 Å². The van der Waals surface area contributed by atoms with Gasteiger partial charge in [0.2, 0.25) is 5.88 Å². The monoisotopic (exact) mass is 347 g/mol. The summed E-state index contributed by atoms with van der Waals surface area (Å²) in [4.78, 5) is 5.95. The van der Waals surface area contributed by atoms with Gasteiger partial charge in [-0.05, 0) is 48.2 Å². The molecule has 0 aliphatic rings. The van der Waals surface area contributed by atoms with E-state index >= 15 is 0 Å². The number of benzene rings is 1. The maximum absolute atomic E-state index is 5.45. The van der Waals surface area contributed by atoms with Crippen LogP contribution in [0.15, 0.2) is 40.2 Å². The molecular formula is C16H14BrNOS. The molecule has 3 rings (SSSR count). The third-order valence-corrected chi connectivity index (χ3v) is 4.74. The Morgan fingerprint density at radius 3 is 2.75 bits per heavy atom. The van der Waals surface area contributed by atoms with Gasteiger partial charge in [0.1, 0.15) is 0 Å². The van der Waals surface area contributed by atoms with Crippen LogP contribution in [0.5, 0.6) is 5.88 Å². The van der Waals surface area contributed by atoms with Gasteiger partial charge >= 0.3 is 0 Å². The quantitative estimate of drug-likeness (QED) is 0.667. The Hall–Kier alpha value is -1.39. The highest BCUT2D eigenvalue weighted by Crippen LogP contribution is 2.28. The van der Waals surface area contributed by atoms with Gasteiger partial charge in [-0.1, -0.05) is 15.9 Å². The van der Waals surface area contributed by atoms with Crippen LogP contribution in [-0.2, 0) is 6.42 Å². The third-order valence-electron chi connectivity index (χ3n) is 3.36. The second kappa shape index (κ2) is 5.54. The zero-order chi connectivity index (χ0) is 14.1. The molecule has 0 atom stereocenters. The summed E-state index contributed by atoms with van der Waals surface area (Å²) in [6.45, 7) is 2.15. The number of ether oxygens (including phenoxy) is 1. The first kappa shape index (κ1) is 13.6. The smallest absolute Gasteiger partial charge is 0.217 e. The molecule has 0 bridgehead atoms. The number of halogens is 1. The van der Waals surface area contributed by atoms with Crippen LogP contribution >= 0.6 is 27.3 Å². The molecule has 102 valence electrons. The van der Waals surface area contributed by atoms with E-state index in [1.165, 1.54) is 10.4 Å². The summed E-state index contributed by atoms with van der Waals surface area (Å²) in [7, 11) is 1.68. The molecule has 0 saturated heterocycles. The molecule has 4 heteroatoms. The Kier molecular flexibility index (Phi) is 3.76. The number of rotatable bonds is 3. The summed E-state index contributed by atoms with van der Waals surface area (Å²) in [5, 5.41) is 3.26. The van der Waals surface area contributed by atoms with Crippen LogP contribution in [0.4, 0.5) is 0 Å². The van der Waals surface area contributed by atoms with E-state index in [0.717, 1.165) is 27.4 Å². The number of aryl methyl sites for hydroxylation is 1. The van der Waals surface area contributed by atoms with Crippen molar-refractivity contribution in [3.8, 4) is 5.88 Å². The van der Waals surface area contributed by atoms with E-state index in [2.05, 4.69) is 51.4 Å². The lowest BCUT2D eigenvalue weighted by Gasteiger charge is -2.09. The fourth-order valence-electron chi connectivity index (χ4n) is 2.28. The van der Waals surface area contributed by atoms with Crippen LogP contribution < -0.4 is 4.74 Å². The van der Waals surface area contributed by atoms with Crippen molar-refractivity contribution < 1.29 is 4.74 Å². The molecule has 0 spiro atoms. The van der Waals surface area contributed by atoms with E-state index < -0.39 is 0 Å². The van der Waals surface area contributed by atoms with Crippen molar-refractivity contribution >= 4 is 38.2 Å². The van der Waals surface area contributed by atoms with Gasteiger partial charge in [0, 0.05) is 26.7 Å². The van der Waals surface area contributed by atoms with Crippen molar-refractivity contribution in [3.05, 3.63) is 56.2 Å². The zero-order valence-corrected chi connectivity index (χ0v) is 13.7. The third kappa shape index (κ3) is 2.58. The molecule has 1 aromatic carbocycles. The molecule has 0 fully saturated rings. The predicted molar refractivity (Wildman–Crippen MR) is 87.9 cm³/mol. The van der Waals surface area contributed by atoms with Crippen molar-refractivity contribution in [2.45, 2.75) is 13.3 Å². The molecule has 20 heavy (non-hydrogen) atoms. The van der Waals surface area contributed by atoms with Crippen LogP contribution in [0.1, 0.15) is 16.0 Å². The number of methoxy groups -OCH3 is 1. The molecule has 2 aromatic heterocycles. The van der Waals surface area contributed by atoms with Crippen molar-refractivity contribution in [3.63, 3.8) is 0 Å². The zero-order valence-electron chi connectivity index (χ0n) is 11.3. The van der Waals surface area contributed by atoms with Gasteiger partial charge in [-0.2, -0.15) is 0 Å². The van der Waals surface area contributed by atoms with E-state index in [9.17, 15) is 0 Å². The maximum Gasteiger partial charge on any atom is 0.217 e. The molecule has 0 aliphatic carbocycles. The normalized spacial score (nSPS) is 10.9. The van der Waals surface area contributed by atoms with Gasteiger partial charge in [0.05, 0.1) is 12.6 Å². The Balaban J connectivity index is 2.10. The van der Waals surface area contributed by atoms with Gasteiger partial charge in [0.15, 0.2) is 0 Å². The average molecular weight is 348 g/mol. The fraction of sp³-hybridized carbons (Fsp3) is 0.188. The molecule has 0 amide bonds. The Labute approximate surface area is 130 Å². The van der Waals surface area contributed by atoms with Crippen molar-refractivity contribution in [1.82, 2.24) is 4.98 Å². The van der Waals surface area contributed by atoms with Crippen molar-refractivity contribution in [2.75, 3.05) is 7.11 Å². The lowest BCUT2D eigenvalue weighted by molar-refractivity contribution is 0.395. The first-order valence-corrected chi connectivity index (χ1v) is 8.01. The number of thiophene rings is 1. The first-order valence-electron chi connectivity index (χ1n) is 6.33. The summed E-state index contributed by atoms with van der Waals surface area (Å²) in [5.74, 6) is 0.713. The van der Waals surface area contributed by atoms with Crippen LogP contribution in [-0.4, -0.2) is 12.1 Å². The first-order chi connectivity index (χ1) is 9.67. The molecule has 0 saturated carbocycles. The summed E-state index contributed by atoms with van der Waals surface area (Å²) < 4.78 is 6.52. The molecular weight excluding hydrogens is 334 g/mol. The molecule has 2 nitrogen and oxygen atoms in total. The highest BCUT2D eigenvalue weighted by molar-refractivity contribution is 9.10. The maximum atomic E-state index is 5.45. The molecule has 0 aliphatic heterocycles. The van der Waals surface area contributed by atoms with E-state index in [-0.39, 0.29) is 0 Å². The highest BCUT2D eigenvalue weighted by atomic mass is 79.9. The van der Waals surface area contributed by atoms with E-state index in [1.807, 2.05) is 12.1 Å². The van der Waals surface area contributed by atoms with E-state index in [4.69, 9.17) is 4.74 Å². The Morgan fingerprint density at radius 2 is 2.05 bits per heavy atom. The largest absolute Gasteiger partial charge is 0.481 e. The van der Waals surface area contributed by atoms with Crippen LogP contribution in [0.3, 0.4) is 0 Å². The van der Waals surface area contributed by atoms with E-state index in [0.29, 0.717) is 5.88 Å². The number of fused-ring (bicyclic) bond motifs is 1. The van der Waals surface area contributed by atoms with Crippen LogP contribution in [0.2, 0.25) is 0 Å². The summed E-state index contributed by atoms with van der Waals surface area (Å²) in [6.07, 6.45) is 0.855. The number of nitrogens with zero attached hydrogens (tertiary/aromatic N) is 1. The molecule has 2 heterocycles. The number of hydrogen-bond donors (Lipinski definition) is 0. The topological polar surface area (TPSA) is 22.1 Å². The summed E-state index contributed by atoms with van der Waals surface area (Å²) in [6, 6.07) is 10.4. The number of pyridine rings is 1. The van der Waals surface area contributed by atoms with Gasteiger partial charge < -0.3 is 4.74 Å². The highest BCUT2D eigenvalue weighted by Gasteiger charge is 2.10. The average Bonchev–Trinajstić information content (AvgIpc) is 2.83. The molecule has 0 N–H and O–H groups in total. The molecule has 3 aromatic rings. The molecule has 0 radical (unpaired) electrons. The molecule has 0 unspecified atom stereocenters. The summed E-state index contributed by atoms with van der Waals surface area (Å²) in [5.41, 5.74) is 3.42. The standard InChI is InChI=1S/C16H14BrNOS/c1-10-11(5-6-20-10)7-13-8-12-9-14(17)3-4-15(12)18-16(13)19-2/h3-6,8-9H,7H2,1-2H3. The fourth-order valence-corrected chi connectivity index (χ4v) is 3.38. The minimum absolute atomic E-state index is 0.713. The Morgan fingerprint density at radius 1 is 1.20 bits per heavy atom. The lowest BCUT2D eigenvalue weighted by Crippen LogP contribution is -1.97. The summed E-state index contributed by atoms with van der Waals surface area (Å²) >= 11 is 5.28. The van der Waals surface area contributed by atoms with Crippen LogP contribution in [0, 0.1) is 6.92 Å². The van der Waals surface area contributed by atoms with Gasteiger partial charge in [-0.25, -0.2) is 4.98 Å². The van der Waals surface area contributed by atoms with Crippen LogP contribution in [0.25, 0.3) is 10.9 Å². The van der Waals surface area contributed by atoms with Gasteiger partial charge in [-0.15, -0.1) is 11.3 Å². The second-order valence-electron chi connectivity index (χ2n) is 4.67. The Bertz CT molecular complexity index is 766. The second-order valence-corrected chi connectivity index (χ2v) is 6.71. The predicted octanol–water partition coefficient (Wildman–Crippen LogP) is 4.97. The van der Waals surface area contributed by atoms with Gasteiger partial charge in [-0.3, -0.25) is 0 Å². The minimum atomic E-state index is 0.713.